The van der Waals surface area contributed by atoms with Crippen LogP contribution in [-0.2, 0) is 4.74 Å². The van der Waals surface area contributed by atoms with Crippen molar-refractivity contribution in [1.29, 1.82) is 0 Å². The van der Waals surface area contributed by atoms with Gasteiger partial charge in [0, 0.05) is 13.0 Å². The van der Waals surface area contributed by atoms with Crippen LogP contribution in [0.4, 0.5) is 17.6 Å². The summed E-state index contributed by atoms with van der Waals surface area (Å²) in [6, 6.07) is 9.10. The first-order valence-electron chi connectivity index (χ1n) is 10.1. The van der Waals surface area contributed by atoms with Crippen molar-refractivity contribution in [3.8, 4) is 0 Å². The molecule has 0 radical (unpaired) electrons. The number of hydrogen-bond acceptors (Lipinski definition) is 9. The quantitative estimate of drug-likeness (QED) is 0.422. The zero-order valence-corrected chi connectivity index (χ0v) is 17.3. The van der Waals surface area contributed by atoms with Crippen LogP contribution in [0.1, 0.15) is 26.5 Å². The van der Waals surface area contributed by atoms with E-state index >= 15 is 0 Å². The molecule has 0 unspecified atom stereocenters. The number of ether oxygens (including phenoxy) is 1. The lowest BCUT2D eigenvalue weighted by Crippen LogP contribution is -2.24. The van der Waals surface area contributed by atoms with Crippen LogP contribution in [0.5, 0.6) is 0 Å². The van der Waals surface area contributed by atoms with Crippen molar-refractivity contribution in [1.82, 2.24) is 19.5 Å². The highest BCUT2D eigenvalue weighted by molar-refractivity contribution is 5.74. The second-order valence-electron chi connectivity index (χ2n) is 7.79. The maximum Gasteiger partial charge on any atom is 0.280 e. The topological polar surface area (TPSA) is 150 Å². The fourth-order valence-corrected chi connectivity index (χ4v) is 3.33. The summed E-state index contributed by atoms with van der Waals surface area (Å²) in [6.45, 7) is 4.37. The highest BCUT2D eigenvalue weighted by Gasteiger charge is 2.37. The number of aliphatic hydroxyl groups excluding tert-OH is 2. The minimum Gasteiger partial charge on any atom is -0.394 e. The number of aromatic nitrogens is 4. The molecule has 1 fully saturated rings. The first-order valence-corrected chi connectivity index (χ1v) is 10.1. The number of aromatic amines is 1. The van der Waals surface area contributed by atoms with Crippen molar-refractivity contribution < 1.29 is 14.9 Å². The molecule has 1 aromatic carbocycles. The summed E-state index contributed by atoms with van der Waals surface area (Å²) in [4.78, 5) is 24.2. The largest absolute Gasteiger partial charge is 0.394 e. The highest BCUT2D eigenvalue weighted by Crippen LogP contribution is 2.34. The second-order valence-corrected chi connectivity index (χ2v) is 7.79. The number of fused-ring (bicyclic) bond motifs is 1. The zero-order valence-electron chi connectivity index (χ0n) is 17.3. The zero-order chi connectivity index (χ0) is 22.0. The fourth-order valence-electron chi connectivity index (χ4n) is 3.33. The van der Waals surface area contributed by atoms with Crippen molar-refractivity contribution in [3.63, 3.8) is 0 Å². The van der Waals surface area contributed by atoms with Gasteiger partial charge in [-0.05, 0) is 18.1 Å². The van der Waals surface area contributed by atoms with Crippen LogP contribution in [0.15, 0.2) is 45.4 Å². The number of imidazole rings is 1. The Labute approximate surface area is 177 Å². The molecule has 11 nitrogen and oxygen atoms in total. The van der Waals surface area contributed by atoms with E-state index in [0.717, 1.165) is 0 Å². The van der Waals surface area contributed by atoms with Gasteiger partial charge < -0.3 is 20.3 Å². The Bertz CT molecular complexity index is 1130. The van der Waals surface area contributed by atoms with Gasteiger partial charge >= 0.3 is 0 Å². The molecule has 2 aromatic heterocycles. The minimum absolute atomic E-state index is 0.0858. The second kappa shape index (κ2) is 8.92. The van der Waals surface area contributed by atoms with Crippen LogP contribution in [0, 0.1) is 5.92 Å². The van der Waals surface area contributed by atoms with Crippen molar-refractivity contribution in [2.75, 3.05) is 18.5 Å². The van der Waals surface area contributed by atoms with Gasteiger partial charge in [-0.1, -0.05) is 32.0 Å². The molecular weight excluding hydrogens is 402 g/mol. The molecule has 1 aliphatic heterocycles. The summed E-state index contributed by atoms with van der Waals surface area (Å²) < 4.78 is 7.33. The van der Waals surface area contributed by atoms with Gasteiger partial charge in [0.05, 0.1) is 18.4 Å². The standard InChI is InChI=1S/C20H25N7O4/c1-11(2)9-21-19-23-17-16(18(30)24-19)22-20(26-25-12-6-4-3-5-7-12)27(17)15-8-13(29)14(10-28)31-15/h3-7,11,13-15,28-29H,8-10H2,1-2H3,(H2,21,23,24,30)/t13-,14+,15+/m0/s1. The Morgan fingerprint density at radius 2 is 2.06 bits per heavy atom. The number of H-pyrrole nitrogens is 1. The van der Waals surface area contributed by atoms with Gasteiger partial charge in [-0.25, -0.2) is 4.98 Å². The number of aliphatic hydroxyl groups is 2. The lowest BCUT2D eigenvalue weighted by atomic mass is 10.2. The van der Waals surface area contributed by atoms with Crippen molar-refractivity contribution in [2.45, 2.75) is 38.7 Å². The van der Waals surface area contributed by atoms with E-state index in [1.807, 2.05) is 32.0 Å². The summed E-state index contributed by atoms with van der Waals surface area (Å²) in [5, 5.41) is 31.2. The van der Waals surface area contributed by atoms with Gasteiger partial charge in [0.2, 0.25) is 5.95 Å². The van der Waals surface area contributed by atoms with E-state index in [9.17, 15) is 15.0 Å². The SMILES string of the molecule is CC(C)CNc1nc2c(nc(N=Nc3ccccc3)n2[C@H]2C[C@H](O)[C@@H](CO)O2)c(=O)[nH]1. The molecule has 11 heteroatoms. The number of hydrogen-bond donors (Lipinski definition) is 4. The van der Waals surface area contributed by atoms with E-state index < -0.39 is 24.0 Å². The monoisotopic (exact) mass is 427 g/mol. The van der Waals surface area contributed by atoms with Crippen molar-refractivity contribution in [3.05, 3.63) is 40.7 Å². The number of anilines is 1. The van der Waals surface area contributed by atoms with Gasteiger partial charge in [0.1, 0.15) is 12.3 Å². The van der Waals surface area contributed by atoms with E-state index in [1.54, 1.807) is 12.1 Å². The molecule has 0 spiro atoms. The van der Waals surface area contributed by atoms with Crippen LogP contribution in [0.25, 0.3) is 11.2 Å². The molecule has 3 atom stereocenters. The average Bonchev–Trinajstić information content (AvgIpc) is 3.31. The fraction of sp³-hybridized carbons (Fsp3) is 0.450. The first kappa shape index (κ1) is 21.1. The van der Waals surface area contributed by atoms with Crippen molar-refractivity contribution >= 4 is 28.7 Å². The van der Waals surface area contributed by atoms with E-state index in [0.29, 0.717) is 24.1 Å². The molecule has 3 aromatic rings. The van der Waals surface area contributed by atoms with Gasteiger partial charge in [0.15, 0.2) is 11.2 Å². The highest BCUT2D eigenvalue weighted by atomic mass is 16.5. The third kappa shape index (κ3) is 4.48. The average molecular weight is 427 g/mol. The van der Waals surface area contributed by atoms with Crippen LogP contribution in [-0.4, -0.2) is 55.1 Å². The smallest absolute Gasteiger partial charge is 0.280 e. The van der Waals surface area contributed by atoms with Gasteiger partial charge in [-0.15, -0.1) is 10.2 Å². The van der Waals surface area contributed by atoms with Gasteiger partial charge in [-0.3, -0.25) is 14.3 Å². The molecule has 0 saturated carbocycles. The number of azo groups is 1. The molecule has 164 valence electrons. The van der Waals surface area contributed by atoms with Crippen LogP contribution < -0.4 is 10.9 Å². The van der Waals surface area contributed by atoms with Crippen LogP contribution >= 0.6 is 0 Å². The Kier molecular flexibility index (Phi) is 6.07. The number of benzene rings is 1. The number of rotatable bonds is 7. The minimum atomic E-state index is -0.869. The van der Waals surface area contributed by atoms with E-state index in [2.05, 4.69) is 30.5 Å². The summed E-state index contributed by atoms with van der Waals surface area (Å²) in [6.07, 6.45) is -2.14. The number of nitrogens with zero attached hydrogens (tertiary/aromatic N) is 5. The lowest BCUT2D eigenvalue weighted by Gasteiger charge is -2.15. The molecule has 3 heterocycles. The molecule has 1 aliphatic rings. The molecule has 0 bridgehead atoms. The number of nitrogens with one attached hydrogen (secondary N) is 2. The Balaban J connectivity index is 1.80. The molecule has 1 saturated heterocycles. The van der Waals surface area contributed by atoms with E-state index in [1.165, 1.54) is 4.57 Å². The van der Waals surface area contributed by atoms with E-state index in [4.69, 9.17) is 4.74 Å². The molecule has 0 amide bonds. The molecular formula is C20H25N7O4. The van der Waals surface area contributed by atoms with Crippen LogP contribution in [0.2, 0.25) is 0 Å². The maximum atomic E-state index is 12.7. The molecule has 4 N–H and O–H groups in total. The van der Waals surface area contributed by atoms with Gasteiger partial charge in [0.25, 0.3) is 11.5 Å². The Morgan fingerprint density at radius 3 is 2.74 bits per heavy atom. The molecule has 0 aliphatic carbocycles. The van der Waals surface area contributed by atoms with Crippen molar-refractivity contribution in [2.24, 2.45) is 16.1 Å². The Morgan fingerprint density at radius 1 is 1.29 bits per heavy atom. The lowest BCUT2D eigenvalue weighted by molar-refractivity contribution is -0.0426. The molecule has 4 rings (SSSR count). The third-order valence-corrected chi connectivity index (χ3v) is 4.89. The summed E-state index contributed by atoms with van der Waals surface area (Å²) in [5.74, 6) is 0.768. The van der Waals surface area contributed by atoms with Crippen LogP contribution in [0.3, 0.4) is 0 Å². The third-order valence-electron chi connectivity index (χ3n) is 4.89. The molecule has 31 heavy (non-hydrogen) atoms. The summed E-state index contributed by atoms with van der Waals surface area (Å²) >= 11 is 0. The summed E-state index contributed by atoms with van der Waals surface area (Å²) in [5.41, 5.74) is 0.529. The predicted octanol–water partition coefficient (Wildman–Crippen LogP) is 2.24. The van der Waals surface area contributed by atoms with Gasteiger partial charge in [-0.2, -0.15) is 4.98 Å². The predicted molar refractivity (Wildman–Crippen MR) is 114 cm³/mol. The first-order chi connectivity index (χ1) is 15.0. The maximum absolute atomic E-state index is 12.7. The summed E-state index contributed by atoms with van der Waals surface area (Å²) in [7, 11) is 0. The normalized spacial score (nSPS) is 21.5. The van der Waals surface area contributed by atoms with E-state index in [-0.39, 0.29) is 30.1 Å². The Hall–Kier alpha value is -3.15.